The highest BCUT2D eigenvalue weighted by atomic mass is 32.2. The van der Waals surface area contributed by atoms with Gasteiger partial charge >= 0.3 is 0 Å². The molecule has 1 aromatic carbocycles. The number of benzene rings is 1. The lowest BCUT2D eigenvalue weighted by Gasteiger charge is -2.26. The zero-order valence-electron chi connectivity index (χ0n) is 13.8. The molecule has 0 unspecified atom stereocenters. The Bertz CT molecular complexity index is 538. The van der Waals surface area contributed by atoms with Crippen LogP contribution in [-0.2, 0) is 16.1 Å². The third kappa shape index (κ3) is 4.96. The van der Waals surface area contributed by atoms with E-state index in [0.717, 1.165) is 50.3 Å². The van der Waals surface area contributed by atoms with Gasteiger partial charge in [0.25, 0.3) is 0 Å². The molecule has 2 heterocycles. The summed E-state index contributed by atoms with van der Waals surface area (Å²) in [6, 6.07) is 6.41. The standard InChI is InChI=1S/C18H26N2O2S/c1-14-4-5-15(13-20-6-9-23-10-7-20)11-17(14)19-18(21)12-16-3-2-8-22-16/h4-5,11,16H,2-3,6-10,12-13H2,1H3,(H,19,21)/t16-/m1/s1. The molecule has 3 rings (SSSR count). The molecule has 1 aromatic rings. The van der Waals surface area contributed by atoms with Crippen LogP contribution in [0.2, 0.25) is 0 Å². The quantitative estimate of drug-likeness (QED) is 0.899. The van der Waals surface area contributed by atoms with Crippen molar-refractivity contribution in [2.45, 2.75) is 38.8 Å². The van der Waals surface area contributed by atoms with Crippen molar-refractivity contribution in [1.29, 1.82) is 0 Å². The van der Waals surface area contributed by atoms with Gasteiger partial charge < -0.3 is 10.1 Å². The smallest absolute Gasteiger partial charge is 0.226 e. The minimum absolute atomic E-state index is 0.0616. The van der Waals surface area contributed by atoms with Gasteiger partial charge in [-0.1, -0.05) is 12.1 Å². The van der Waals surface area contributed by atoms with E-state index in [2.05, 4.69) is 28.4 Å². The first-order valence-electron chi connectivity index (χ1n) is 8.52. The van der Waals surface area contributed by atoms with Gasteiger partial charge in [0.1, 0.15) is 0 Å². The van der Waals surface area contributed by atoms with E-state index in [1.54, 1.807) is 0 Å². The highest BCUT2D eigenvalue weighted by Gasteiger charge is 2.19. The molecular formula is C18H26N2O2S. The van der Waals surface area contributed by atoms with Crippen LogP contribution in [0.3, 0.4) is 0 Å². The molecule has 2 fully saturated rings. The van der Waals surface area contributed by atoms with E-state index in [0.29, 0.717) is 6.42 Å². The number of ether oxygens (including phenoxy) is 1. The van der Waals surface area contributed by atoms with Crippen molar-refractivity contribution >= 4 is 23.4 Å². The molecule has 2 aliphatic heterocycles. The van der Waals surface area contributed by atoms with Crippen LogP contribution in [0, 0.1) is 6.92 Å². The molecular weight excluding hydrogens is 308 g/mol. The predicted octanol–water partition coefficient (Wildman–Crippen LogP) is 3.05. The maximum absolute atomic E-state index is 12.2. The summed E-state index contributed by atoms with van der Waals surface area (Å²) in [5.41, 5.74) is 3.33. The van der Waals surface area contributed by atoms with Crippen molar-refractivity contribution in [2.24, 2.45) is 0 Å². The lowest BCUT2D eigenvalue weighted by Crippen LogP contribution is -2.32. The fourth-order valence-electron chi connectivity index (χ4n) is 3.13. The molecule has 5 heteroatoms. The fourth-order valence-corrected chi connectivity index (χ4v) is 4.11. The molecule has 2 aliphatic rings. The van der Waals surface area contributed by atoms with Gasteiger partial charge in [0.15, 0.2) is 0 Å². The summed E-state index contributed by atoms with van der Waals surface area (Å²) in [7, 11) is 0. The molecule has 0 radical (unpaired) electrons. The molecule has 0 spiro atoms. The van der Waals surface area contributed by atoms with E-state index in [1.165, 1.54) is 17.1 Å². The van der Waals surface area contributed by atoms with Gasteiger partial charge in [-0.15, -0.1) is 0 Å². The van der Waals surface area contributed by atoms with E-state index in [9.17, 15) is 4.79 Å². The van der Waals surface area contributed by atoms with Crippen molar-refractivity contribution in [1.82, 2.24) is 4.90 Å². The molecule has 0 aromatic heterocycles. The highest BCUT2D eigenvalue weighted by molar-refractivity contribution is 7.99. The molecule has 4 nitrogen and oxygen atoms in total. The number of nitrogens with zero attached hydrogens (tertiary/aromatic N) is 1. The maximum atomic E-state index is 12.2. The van der Waals surface area contributed by atoms with Crippen molar-refractivity contribution in [3.8, 4) is 0 Å². The number of hydrogen-bond acceptors (Lipinski definition) is 4. The van der Waals surface area contributed by atoms with Crippen LogP contribution in [0.4, 0.5) is 5.69 Å². The molecule has 0 saturated carbocycles. The van der Waals surface area contributed by atoms with Gasteiger partial charge in [-0.2, -0.15) is 11.8 Å². The first-order valence-corrected chi connectivity index (χ1v) is 9.67. The number of carbonyl (C=O) groups is 1. The van der Waals surface area contributed by atoms with E-state index < -0.39 is 0 Å². The van der Waals surface area contributed by atoms with E-state index >= 15 is 0 Å². The number of aryl methyl sites for hydroxylation is 1. The topological polar surface area (TPSA) is 41.6 Å². The number of nitrogens with one attached hydrogen (secondary N) is 1. The second-order valence-corrected chi connectivity index (χ2v) is 7.65. The van der Waals surface area contributed by atoms with Crippen molar-refractivity contribution in [3.63, 3.8) is 0 Å². The van der Waals surface area contributed by atoms with Crippen LogP contribution >= 0.6 is 11.8 Å². The molecule has 0 bridgehead atoms. The summed E-state index contributed by atoms with van der Waals surface area (Å²) in [4.78, 5) is 14.7. The molecule has 23 heavy (non-hydrogen) atoms. The number of amides is 1. The zero-order chi connectivity index (χ0) is 16.1. The third-order valence-corrected chi connectivity index (χ3v) is 5.47. The van der Waals surface area contributed by atoms with Gasteiger partial charge in [-0.3, -0.25) is 9.69 Å². The zero-order valence-corrected chi connectivity index (χ0v) is 14.7. The van der Waals surface area contributed by atoms with Crippen LogP contribution in [0.25, 0.3) is 0 Å². The average molecular weight is 334 g/mol. The maximum Gasteiger partial charge on any atom is 0.226 e. The summed E-state index contributed by atoms with van der Waals surface area (Å²) in [6.45, 7) is 6.11. The van der Waals surface area contributed by atoms with Crippen LogP contribution in [-0.4, -0.2) is 48.1 Å². The summed E-state index contributed by atoms with van der Waals surface area (Å²) in [5.74, 6) is 2.50. The van der Waals surface area contributed by atoms with Crippen LogP contribution in [0.15, 0.2) is 18.2 Å². The minimum Gasteiger partial charge on any atom is -0.378 e. The minimum atomic E-state index is 0.0616. The number of carbonyl (C=O) groups excluding carboxylic acids is 1. The first-order chi connectivity index (χ1) is 11.2. The lowest BCUT2D eigenvalue weighted by atomic mass is 10.1. The Kier molecular flexibility index (Phi) is 5.97. The second kappa shape index (κ2) is 8.18. The SMILES string of the molecule is Cc1ccc(CN2CCSCC2)cc1NC(=O)C[C@H]1CCCO1. The second-order valence-electron chi connectivity index (χ2n) is 6.43. The van der Waals surface area contributed by atoms with Crippen LogP contribution in [0.5, 0.6) is 0 Å². The van der Waals surface area contributed by atoms with Crippen molar-refractivity contribution < 1.29 is 9.53 Å². The van der Waals surface area contributed by atoms with Crippen molar-refractivity contribution in [3.05, 3.63) is 29.3 Å². The number of thioether (sulfide) groups is 1. The van der Waals surface area contributed by atoms with Gasteiger partial charge in [0.2, 0.25) is 5.91 Å². The molecule has 1 atom stereocenters. The normalized spacial score (nSPS) is 22.2. The monoisotopic (exact) mass is 334 g/mol. The Labute approximate surface area is 143 Å². The number of rotatable bonds is 5. The highest BCUT2D eigenvalue weighted by Crippen LogP contribution is 2.21. The number of hydrogen-bond donors (Lipinski definition) is 1. The predicted molar refractivity (Wildman–Crippen MR) is 96.0 cm³/mol. The number of anilines is 1. The Hall–Kier alpha value is -1.04. The Morgan fingerprint density at radius 1 is 1.39 bits per heavy atom. The molecule has 1 N–H and O–H groups in total. The fraction of sp³-hybridized carbons (Fsp3) is 0.611. The summed E-state index contributed by atoms with van der Waals surface area (Å²) >= 11 is 2.03. The Balaban J connectivity index is 1.59. The van der Waals surface area contributed by atoms with Gasteiger partial charge in [0.05, 0.1) is 12.5 Å². The Morgan fingerprint density at radius 2 is 2.22 bits per heavy atom. The summed E-state index contributed by atoms with van der Waals surface area (Å²) in [5, 5.41) is 3.07. The van der Waals surface area contributed by atoms with Crippen molar-refractivity contribution in [2.75, 3.05) is 36.5 Å². The van der Waals surface area contributed by atoms with Gasteiger partial charge in [-0.25, -0.2) is 0 Å². The Morgan fingerprint density at radius 3 is 2.96 bits per heavy atom. The summed E-state index contributed by atoms with van der Waals surface area (Å²) in [6.07, 6.45) is 2.64. The first kappa shape index (κ1) is 16.8. The van der Waals surface area contributed by atoms with Gasteiger partial charge in [-0.05, 0) is 37.0 Å². The average Bonchev–Trinajstić information content (AvgIpc) is 3.04. The van der Waals surface area contributed by atoms with E-state index in [1.807, 2.05) is 18.7 Å². The third-order valence-electron chi connectivity index (χ3n) is 4.52. The summed E-state index contributed by atoms with van der Waals surface area (Å²) < 4.78 is 5.55. The van der Waals surface area contributed by atoms with Gasteiger partial charge in [0, 0.05) is 43.4 Å². The lowest BCUT2D eigenvalue weighted by molar-refractivity contribution is -0.118. The molecule has 126 valence electrons. The molecule has 1 amide bonds. The molecule has 0 aliphatic carbocycles. The van der Waals surface area contributed by atoms with E-state index in [-0.39, 0.29) is 12.0 Å². The largest absolute Gasteiger partial charge is 0.378 e. The van der Waals surface area contributed by atoms with Crippen LogP contribution in [0.1, 0.15) is 30.4 Å². The van der Waals surface area contributed by atoms with Crippen LogP contribution < -0.4 is 5.32 Å². The molecule has 2 saturated heterocycles. The van der Waals surface area contributed by atoms with E-state index in [4.69, 9.17) is 4.74 Å².